The molecule has 2 aliphatic carbocycles. The minimum Gasteiger partial charge on any atom is -0.466 e. The number of fused-ring (bicyclic) bond motifs is 1. The van der Waals surface area contributed by atoms with Gasteiger partial charge in [-0.05, 0) is 44.2 Å². The monoisotopic (exact) mass is 619 g/mol. The van der Waals surface area contributed by atoms with Crippen molar-refractivity contribution in [3.63, 3.8) is 0 Å². The highest BCUT2D eigenvalue weighted by Gasteiger charge is 2.64. The molecule has 3 aromatic rings. The van der Waals surface area contributed by atoms with Gasteiger partial charge < -0.3 is 19.4 Å². The zero-order valence-corrected chi connectivity index (χ0v) is 26.5. The number of hydrogen-bond acceptors (Lipinski definition) is 7. The van der Waals surface area contributed by atoms with Gasteiger partial charge in [-0.1, -0.05) is 78.9 Å². The maximum Gasteiger partial charge on any atom is 0.335 e. The summed E-state index contributed by atoms with van der Waals surface area (Å²) in [6.07, 6.45) is 6.42. The van der Waals surface area contributed by atoms with Gasteiger partial charge in [0.15, 0.2) is 7.14 Å². The molecule has 2 heterocycles. The number of hydrogen-bond donors (Lipinski definition) is 1. The van der Waals surface area contributed by atoms with Crippen LogP contribution in [0.4, 0.5) is 5.69 Å². The number of likely N-dealkylation sites (tertiary alicyclic amines) is 1. The summed E-state index contributed by atoms with van der Waals surface area (Å²) in [6, 6.07) is 27.1. The van der Waals surface area contributed by atoms with Crippen LogP contribution < -0.4 is 15.9 Å². The highest BCUT2D eigenvalue weighted by molar-refractivity contribution is 7.81. The van der Waals surface area contributed by atoms with E-state index in [-0.39, 0.29) is 18.5 Å². The van der Waals surface area contributed by atoms with Crippen LogP contribution in [0.3, 0.4) is 0 Å². The zero-order valence-electron chi connectivity index (χ0n) is 25.6. The van der Waals surface area contributed by atoms with Crippen LogP contribution in [-0.4, -0.2) is 48.7 Å². The molecular formula is C37H36N2O5P. The lowest BCUT2D eigenvalue weighted by atomic mass is 9.66. The SMILES string of the molecule is COC(=O)C1=C2Nc3ccccc3[C@]23CCN([C@H](C)[C]2[CH][CH][CH][C]2P(=O)(c2ccccc2)c2ccccc2)[C@@H]3[C@@H](OC(C)=O)C1. The third-order valence-electron chi connectivity index (χ3n) is 9.90. The molecule has 1 N–H and O–H groups in total. The molecule has 2 aliphatic heterocycles. The fourth-order valence-electron chi connectivity index (χ4n) is 8.10. The van der Waals surface area contributed by atoms with Crippen molar-refractivity contribution in [2.45, 2.75) is 50.3 Å². The van der Waals surface area contributed by atoms with Crippen LogP contribution >= 0.6 is 7.14 Å². The van der Waals surface area contributed by atoms with Gasteiger partial charge in [0.1, 0.15) is 6.10 Å². The number of nitrogens with zero attached hydrogens (tertiary/aromatic N) is 1. The molecule has 0 aromatic heterocycles. The Bertz CT molecular complexity index is 1650. The Morgan fingerprint density at radius 1 is 0.956 bits per heavy atom. The second-order valence-electron chi connectivity index (χ2n) is 12.1. The molecule has 2 fully saturated rings. The van der Waals surface area contributed by atoms with Crippen LogP contribution in [0.15, 0.2) is 96.2 Å². The van der Waals surface area contributed by atoms with Gasteiger partial charge in [-0.2, -0.15) is 0 Å². The normalized spacial score (nSPS) is 25.7. The number of para-hydroxylation sites is 1. The number of anilines is 1. The second kappa shape index (κ2) is 11.6. The lowest BCUT2D eigenvalue weighted by Crippen LogP contribution is -2.58. The number of carbonyl (C=O) groups excluding carboxylic acids is 2. The minimum atomic E-state index is -3.23. The van der Waals surface area contributed by atoms with Crippen molar-refractivity contribution in [2.24, 2.45) is 0 Å². The van der Waals surface area contributed by atoms with E-state index in [1.807, 2.05) is 91.7 Å². The number of nitrogens with one attached hydrogen (secondary N) is 1. The summed E-state index contributed by atoms with van der Waals surface area (Å²) in [5.41, 5.74) is 3.58. The van der Waals surface area contributed by atoms with E-state index in [9.17, 15) is 9.59 Å². The average molecular weight is 620 g/mol. The molecule has 7 rings (SSSR count). The molecule has 8 heteroatoms. The van der Waals surface area contributed by atoms with Crippen LogP contribution in [0.2, 0.25) is 0 Å². The molecule has 5 radical (unpaired) electrons. The molecule has 4 atom stereocenters. The van der Waals surface area contributed by atoms with Crippen LogP contribution in [0.5, 0.6) is 0 Å². The molecule has 229 valence electrons. The summed E-state index contributed by atoms with van der Waals surface area (Å²) in [6.45, 7) is 4.25. The maximum atomic E-state index is 15.5. The highest BCUT2D eigenvalue weighted by atomic mass is 31.2. The number of methoxy groups -OCH3 is 1. The standard InChI is InChI=1S/C37H36N2O5P/c1-24(28-17-12-20-33(28)45(42,26-13-6-4-7-14-26)27-15-8-5-9-16-27)39-22-21-37-30-18-10-11-19-31(30)38-34(37)29(36(41)43-3)23-32(35(37)39)44-25(2)40/h4-20,24,32,35,38H,21-23H2,1-3H3/t24-,32+,35-,37-/m1/s1. The Hall–Kier alpha value is -3.67. The first-order valence-electron chi connectivity index (χ1n) is 15.4. The van der Waals surface area contributed by atoms with Gasteiger partial charge in [0.05, 0.1) is 29.8 Å². The summed E-state index contributed by atoms with van der Waals surface area (Å²) in [5.74, 6) is 0.165. The van der Waals surface area contributed by atoms with Gasteiger partial charge >= 0.3 is 11.9 Å². The Morgan fingerprint density at radius 2 is 1.60 bits per heavy atom. The molecule has 3 aromatic carbocycles. The zero-order chi connectivity index (χ0) is 31.3. The fraction of sp³-hybridized carbons (Fsp3) is 0.270. The topological polar surface area (TPSA) is 84.9 Å². The van der Waals surface area contributed by atoms with Gasteiger partial charge in [0.25, 0.3) is 0 Å². The molecule has 0 amide bonds. The van der Waals surface area contributed by atoms with E-state index in [2.05, 4.69) is 29.6 Å². The number of esters is 2. The molecule has 0 unspecified atom stereocenters. The Labute approximate surface area is 265 Å². The van der Waals surface area contributed by atoms with Crippen molar-refractivity contribution >= 4 is 35.4 Å². The molecular weight excluding hydrogens is 583 g/mol. The number of rotatable bonds is 7. The Balaban J connectivity index is 1.33. The quantitative estimate of drug-likeness (QED) is 0.283. The van der Waals surface area contributed by atoms with Crippen molar-refractivity contribution in [3.05, 3.63) is 133 Å². The van der Waals surface area contributed by atoms with E-state index in [0.29, 0.717) is 18.5 Å². The van der Waals surface area contributed by atoms with Crippen LogP contribution in [-0.2, 0) is 29.0 Å². The fourth-order valence-corrected chi connectivity index (χ4v) is 11.1. The third kappa shape index (κ3) is 4.61. The Kier molecular flexibility index (Phi) is 7.74. The first-order chi connectivity index (χ1) is 21.8. The van der Waals surface area contributed by atoms with E-state index in [0.717, 1.165) is 39.1 Å². The third-order valence-corrected chi connectivity index (χ3v) is 13.0. The lowest BCUT2D eigenvalue weighted by molar-refractivity contribution is -0.152. The first-order valence-corrected chi connectivity index (χ1v) is 17.1. The molecule has 7 nitrogen and oxygen atoms in total. The van der Waals surface area contributed by atoms with Gasteiger partial charge in [-0.3, -0.25) is 9.69 Å². The van der Waals surface area contributed by atoms with Crippen molar-refractivity contribution in [1.29, 1.82) is 0 Å². The van der Waals surface area contributed by atoms with E-state index in [4.69, 9.17) is 9.47 Å². The average Bonchev–Trinajstić information content (AvgIpc) is 3.80. The number of carbonyl (C=O) groups is 2. The van der Waals surface area contributed by atoms with Gasteiger partial charge in [-0.15, -0.1) is 0 Å². The molecule has 1 spiro atoms. The van der Waals surface area contributed by atoms with Crippen molar-refractivity contribution in [3.8, 4) is 0 Å². The second-order valence-corrected chi connectivity index (χ2v) is 14.8. The summed E-state index contributed by atoms with van der Waals surface area (Å²) in [7, 11) is -1.85. The highest BCUT2D eigenvalue weighted by Crippen LogP contribution is 2.65. The molecule has 1 saturated carbocycles. The minimum absolute atomic E-state index is 0.174. The van der Waals surface area contributed by atoms with Gasteiger partial charge in [0.2, 0.25) is 0 Å². The summed E-state index contributed by atoms with van der Waals surface area (Å²) < 4.78 is 26.8. The van der Waals surface area contributed by atoms with E-state index in [1.54, 1.807) is 0 Å². The predicted octanol–water partition coefficient (Wildman–Crippen LogP) is 5.32. The number of benzene rings is 3. The van der Waals surface area contributed by atoms with Crippen LogP contribution in [0.1, 0.15) is 32.3 Å². The van der Waals surface area contributed by atoms with Crippen molar-refractivity contribution in [1.82, 2.24) is 4.90 Å². The summed E-state index contributed by atoms with van der Waals surface area (Å²) >= 11 is 0. The molecule has 0 bridgehead atoms. The van der Waals surface area contributed by atoms with Crippen molar-refractivity contribution < 1.29 is 23.6 Å². The van der Waals surface area contributed by atoms with E-state index >= 15 is 4.57 Å². The molecule has 45 heavy (non-hydrogen) atoms. The van der Waals surface area contributed by atoms with Gasteiger partial charge in [-0.25, -0.2) is 4.79 Å². The lowest BCUT2D eigenvalue weighted by Gasteiger charge is -2.47. The van der Waals surface area contributed by atoms with E-state index < -0.39 is 30.6 Å². The Morgan fingerprint density at radius 3 is 2.24 bits per heavy atom. The predicted molar refractivity (Wildman–Crippen MR) is 175 cm³/mol. The maximum absolute atomic E-state index is 15.5. The summed E-state index contributed by atoms with van der Waals surface area (Å²) in [4.78, 5) is 28.2. The van der Waals surface area contributed by atoms with E-state index in [1.165, 1.54) is 14.0 Å². The summed E-state index contributed by atoms with van der Waals surface area (Å²) in [5, 5.41) is 5.14. The van der Waals surface area contributed by atoms with Crippen LogP contribution in [0, 0.1) is 30.8 Å². The molecule has 4 aliphatic rings. The largest absolute Gasteiger partial charge is 0.466 e. The van der Waals surface area contributed by atoms with Crippen molar-refractivity contribution in [2.75, 3.05) is 19.0 Å². The first kappa shape index (κ1) is 30.0. The van der Waals surface area contributed by atoms with Crippen LogP contribution in [0.25, 0.3) is 0 Å². The molecule has 1 saturated heterocycles. The van der Waals surface area contributed by atoms with Gasteiger partial charge in [0, 0.05) is 53.8 Å². The smallest absolute Gasteiger partial charge is 0.335 e. The number of ether oxygens (including phenoxy) is 2.